The fraction of sp³-hybridized carbons (Fsp3) is 0.381. The molecule has 2 aromatic rings. The Morgan fingerprint density at radius 3 is 2.48 bits per heavy atom. The van der Waals surface area contributed by atoms with E-state index in [9.17, 15) is 18.7 Å². The summed E-state index contributed by atoms with van der Waals surface area (Å²) in [7, 11) is 0. The van der Waals surface area contributed by atoms with Crippen LogP contribution in [0.2, 0.25) is 0 Å². The minimum atomic E-state index is -2.92. The van der Waals surface area contributed by atoms with Gasteiger partial charge in [0.15, 0.2) is 0 Å². The van der Waals surface area contributed by atoms with E-state index in [0.29, 0.717) is 37.9 Å². The molecule has 4 nitrogen and oxygen atoms in total. The van der Waals surface area contributed by atoms with Gasteiger partial charge in [-0.3, -0.25) is 4.79 Å². The number of hydrogen-bond donors (Lipinski definition) is 1. The van der Waals surface area contributed by atoms with E-state index in [1.165, 1.54) is 18.2 Å². The summed E-state index contributed by atoms with van der Waals surface area (Å²) in [6, 6.07) is 15.7. The molecule has 3 rings (SSSR count). The molecule has 1 saturated heterocycles. The molecule has 1 amide bonds. The van der Waals surface area contributed by atoms with Gasteiger partial charge in [0.25, 0.3) is 5.91 Å². The number of benzene rings is 2. The molecule has 1 aliphatic heterocycles. The third-order valence-electron chi connectivity index (χ3n) is 4.96. The molecule has 0 unspecified atom stereocenters. The number of carbonyl (C=O) groups excluding carboxylic acids is 1. The first-order valence-electron chi connectivity index (χ1n) is 9.09. The van der Waals surface area contributed by atoms with Gasteiger partial charge in [0.1, 0.15) is 5.75 Å². The zero-order valence-electron chi connectivity index (χ0n) is 14.9. The molecule has 1 aliphatic rings. The van der Waals surface area contributed by atoms with Crippen molar-refractivity contribution in [2.24, 2.45) is 5.92 Å². The van der Waals surface area contributed by atoms with Gasteiger partial charge in [-0.05, 0) is 48.9 Å². The number of likely N-dealkylation sites (tertiary alicyclic amines) is 1. The van der Waals surface area contributed by atoms with E-state index in [0.717, 1.165) is 5.56 Å². The lowest BCUT2D eigenvalue weighted by Crippen LogP contribution is -2.41. The van der Waals surface area contributed by atoms with Crippen LogP contribution in [0, 0.1) is 5.92 Å². The summed E-state index contributed by atoms with van der Waals surface area (Å²) < 4.78 is 29.0. The van der Waals surface area contributed by atoms with Gasteiger partial charge in [-0.1, -0.05) is 36.4 Å². The van der Waals surface area contributed by atoms with Crippen LogP contribution in [0.15, 0.2) is 54.6 Å². The van der Waals surface area contributed by atoms with Crippen molar-refractivity contribution in [2.75, 3.05) is 13.1 Å². The number of aliphatic hydroxyl groups is 1. The molecule has 27 heavy (non-hydrogen) atoms. The number of aliphatic hydroxyl groups excluding tert-OH is 1. The van der Waals surface area contributed by atoms with Gasteiger partial charge < -0.3 is 14.7 Å². The highest BCUT2D eigenvalue weighted by atomic mass is 19.3. The summed E-state index contributed by atoms with van der Waals surface area (Å²) in [5.74, 6) is -0.0857. The zero-order valence-corrected chi connectivity index (χ0v) is 14.9. The number of ether oxygens (including phenoxy) is 1. The average molecular weight is 375 g/mol. The zero-order chi connectivity index (χ0) is 19.2. The normalized spacial score (nSPS) is 16.4. The van der Waals surface area contributed by atoms with Crippen LogP contribution in [0.1, 0.15) is 28.8 Å². The Balaban J connectivity index is 1.55. The Morgan fingerprint density at radius 2 is 1.81 bits per heavy atom. The maximum Gasteiger partial charge on any atom is 0.387 e. The van der Waals surface area contributed by atoms with E-state index in [-0.39, 0.29) is 17.6 Å². The fourth-order valence-electron chi connectivity index (χ4n) is 3.50. The summed E-state index contributed by atoms with van der Waals surface area (Å²) in [5, 5.41) is 10.5. The predicted octanol–water partition coefficient (Wildman–Crippen LogP) is 3.74. The van der Waals surface area contributed by atoms with Crippen LogP contribution < -0.4 is 4.74 Å². The molecule has 0 saturated carbocycles. The van der Waals surface area contributed by atoms with Gasteiger partial charge in [-0.2, -0.15) is 8.78 Å². The molecule has 0 aliphatic carbocycles. The van der Waals surface area contributed by atoms with Crippen LogP contribution in [0.25, 0.3) is 0 Å². The van der Waals surface area contributed by atoms with Crippen molar-refractivity contribution in [2.45, 2.75) is 32.0 Å². The summed E-state index contributed by atoms with van der Waals surface area (Å²) in [5.41, 5.74) is 1.43. The average Bonchev–Trinajstić information content (AvgIpc) is 2.68. The molecule has 0 bridgehead atoms. The van der Waals surface area contributed by atoms with Gasteiger partial charge in [0.05, 0.1) is 6.10 Å². The molecular weight excluding hydrogens is 352 g/mol. The third-order valence-corrected chi connectivity index (χ3v) is 4.96. The lowest BCUT2D eigenvalue weighted by molar-refractivity contribution is -0.0499. The van der Waals surface area contributed by atoms with E-state index < -0.39 is 12.7 Å². The fourth-order valence-corrected chi connectivity index (χ4v) is 3.50. The predicted molar refractivity (Wildman–Crippen MR) is 97.9 cm³/mol. The highest BCUT2D eigenvalue weighted by Crippen LogP contribution is 2.25. The monoisotopic (exact) mass is 375 g/mol. The van der Waals surface area contributed by atoms with E-state index >= 15 is 0 Å². The number of nitrogens with zero attached hydrogens (tertiary/aromatic N) is 1. The summed E-state index contributed by atoms with van der Waals surface area (Å²) in [4.78, 5) is 14.3. The lowest BCUT2D eigenvalue weighted by Gasteiger charge is -2.34. The first kappa shape index (κ1) is 19.3. The molecule has 1 fully saturated rings. The van der Waals surface area contributed by atoms with Crippen molar-refractivity contribution < 1.29 is 23.4 Å². The van der Waals surface area contributed by atoms with Crippen LogP contribution in [0.4, 0.5) is 8.78 Å². The first-order chi connectivity index (χ1) is 13.0. The van der Waals surface area contributed by atoms with Crippen molar-refractivity contribution in [3.63, 3.8) is 0 Å². The second kappa shape index (κ2) is 8.95. The molecular formula is C21H23F2NO3. The minimum Gasteiger partial charge on any atom is -0.435 e. The quantitative estimate of drug-likeness (QED) is 0.837. The number of halogens is 2. The van der Waals surface area contributed by atoms with Crippen LogP contribution in [0.3, 0.4) is 0 Å². The molecule has 0 radical (unpaired) electrons. The van der Waals surface area contributed by atoms with Crippen molar-refractivity contribution in [1.29, 1.82) is 0 Å². The van der Waals surface area contributed by atoms with Gasteiger partial charge in [-0.15, -0.1) is 0 Å². The molecule has 2 aromatic carbocycles. The lowest BCUT2D eigenvalue weighted by atomic mass is 9.87. The topological polar surface area (TPSA) is 49.8 Å². The minimum absolute atomic E-state index is 0.0241. The second-order valence-corrected chi connectivity index (χ2v) is 6.79. The highest BCUT2D eigenvalue weighted by Gasteiger charge is 2.28. The third kappa shape index (κ3) is 5.26. The second-order valence-electron chi connectivity index (χ2n) is 6.79. The molecule has 144 valence electrons. The van der Waals surface area contributed by atoms with Gasteiger partial charge in [0.2, 0.25) is 0 Å². The smallest absolute Gasteiger partial charge is 0.387 e. The molecule has 6 heteroatoms. The van der Waals surface area contributed by atoms with Crippen molar-refractivity contribution in [3.8, 4) is 5.75 Å². The Hall–Kier alpha value is -2.47. The molecule has 1 N–H and O–H groups in total. The highest BCUT2D eigenvalue weighted by molar-refractivity contribution is 5.94. The number of piperidine rings is 1. The Kier molecular flexibility index (Phi) is 6.40. The Labute approximate surface area is 157 Å². The van der Waals surface area contributed by atoms with Crippen LogP contribution in [0.5, 0.6) is 5.75 Å². The molecule has 1 atom stereocenters. The maximum atomic E-state index is 12.6. The van der Waals surface area contributed by atoms with Crippen LogP contribution >= 0.6 is 0 Å². The van der Waals surface area contributed by atoms with Crippen LogP contribution in [-0.4, -0.2) is 41.7 Å². The standard InChI is InChI=1S/C21H23F2NO3/c22-21(23)27-18-8-4-7-17(14-18)20(26)24-11-9-16(10-12-24)19(25)13-15-5-2-1-3-6-15/h1-8,14,16,19,21,25H,9-13H2/t19-/m0/s1. The van der Waals surface area contributed by atoms with Gasteiger partial charge in [-0.25, -0.2) is 0 Å². The summed E-state index contributed by atoms with van der Waals surface area (Å²) in [6.07, 6.45) is 1.60. The van der Waals surface area contributed by atoms with E-state index in [4.69, 9.17) is 0 Å². The molecule has 1 heterocycles. The summed E-state index contributed by atoms with van der Waals surface area (Å²) in [6.45, 7) is -1.85. The number of amides is 1. The van der Waals surface area contributed by atoms with E-state index in [2.05, 4.69) is 4.74 Å². The first-order valence-corrected chi connectivity index (χ1v) is 9.09. The largest absolute Gasteiger partial charge is 0.435 e. The van der Waals surface area contributed by atoms with Crippen molar-refractivity contribution in [1.82, 2.24) is 4.90 Å². The number of alkyl halides is 2. The SMILES string of the molecule is O=C(c1cccc(OC(F)F)c1)N1CCC([C@@H](O)Cc2ccccc2)CC1. The van der Waals surface area contributed by atoms with Crippen LogP contribution in [-0.2, 0) is 6.42 Å². The van der Waals surface area contributed by atoms with E-state index in [1.54, 1.807) is 11.0 Å². The summed E-state index contributed by atoms with van der Waals surface area (Å²) >= 11 is 0. The van der Waals surface area contributed by atoms with Crippen molar-refractivity contribution >= 4 is 5.91 Å². The molecule has 0 spiro atoms. The number of carbonyl (C=O) groups is 1. The van der Waals surface area contributed by atoms with Gasteiger partial charge in [0, 0.05) is 18.7 Å². The molecule has 0 aromatic heterocycles. The number of hydrogen-bond acceptors (Lipinski definition) is 3. The van der Waals surface area contributed by atoms with Gasteiger partial charge >= 0.3 is 6.61 Å². The Bertz CT molecular complexity index is 746. The Morgan fingerprint density at radius 1 is 1.11 bits per heavy atom. The maximum absolute atomic E-state index is 12.6. The van der Waals surface area contributed by atoms with Crippen molar-refractivity contribution in [3.05, 3.63) is 65.7 Å². The number of rotatable bonds is 6. The van der Waals surface area contributed by atoms with E-state index in [1.807, 2.05) is 30.3 Å².